The van der Waals surface area contributed by atoms with Gasteiger partial charge in [0.25, 0.3) is 0 Å². The first-order valence-corrected chi connectivity index (χ1v) is 6.02. The highest BCUT2D eigenvalue weighted by Crippen LogP contribution is 2.04. The number of rotatable bonds is 5. The second-order valence-corrected chi connectivity index (χ2v) is 4.40. The van der Waals surface area contributed by atoms with Crippen LogP contribution in [0.25, 0.3) is 5.65 Å². The molecule has 1 atom stereocenters. The molecule has 2 heterocycles. The van der Waals surface area contributed by atoms with Crippen LogP contribution in [0.2, 0.25) is 0 Å². The van der Waals surface area contributed by atoms with Crippen LogP contribution in [0.5, 0.6) is 0 Å². The van der Waals surface area contributed by atoms with Crippen molar-refractivity contribution in [3.63, 3.8) is 0 Å². The predicted molar refractivity (Wildman–Crippen MR) is 66.8 cm³/mol. The van der Waals surface area contributed by atoms with E-state index in [-0.39, 0.29) is 0 Å². The Bertz CT molecular complexity index is 419. The van der Waals surface area contributed by atoms with Gasteiger partial charge in [0.2, 0.25) is 0 Å². The zero-order valence-electron chi connectivity index (χ0n) is 9.36. The van der Waals surface area contributed by atoms with Crippen molar-refractivity contribution in [2.75, 3.05) is 12.4 Å². The fourth-order valence-electron chi connectivity index (χ4n) is 1.57. The fourth-order valence-corrected chi connectivity index (χ4v) is 1.68. The van der Waals surface area contributed by atoms with E-state index in [4.69, 9.17) is 11.6 Å². The van der Waals surface area contributed by atoms with Gasteiger partial charge in [0.1, 0.15) is 5.65 Å². The Kier molecular flexibility index (Phi) is 3.80. The van der Waals surface area contributed by atoms with E-state index in [1.807, 2.05) is 35.0 Å². The maximum atomic E-state index is 5.74. The number of hydrogen-bond donors (Lipinski definition) is 1. The summed E-state index contributed by atoms with van der Waals surface area (Å²) in [5.74, 6) is 1.19. The Hall–Kier alpha value is -1.06. The monoisotopic (exact) mass is 237 g/mol. The maximum Gasteiger partial charge on any atom is 0.137 e. The second-order valence-electron chi connectivity index (χ2n) is 4.09. The van der Waals surface area contributed by atoms with Gasteiger partial charge in [0.05, 0.1) is 5.69 Å². The Balaban J connectivity index is 1.94. The molecule has 0 amide bonds. The van der Waals surface area contributed by atoms with E-state index in [1.54, 1.807) is 0 Å². The predicted octanol–water partition coefficient (Wildman–Crippen LogP) is 2.30. The van der Waals surface area contributed by atoms with E-state index in [1.165, 1.54) is 0 Å². The first kappa shape index (κ1) is 11.4. The van der Waals surface area contributed by atoms with Gasteiger partial charge < -0.3 is 9.72 Å². The van der Waals surface area contributed by atoms with Crippen molar-refractivity contribution >= 4 is 17.2 Å². The number of nitrogens with one attached hydrogen (secondary N) is 1. The molecule has 2 aromatic rings. The van der Waals surface area contributed by atoms with E-state index in [2.05, 4.69) is 17.2 Å². The summed E-state index contributed by atoms with van der Waals surface area (Å²) >= 11 is 5.74. The van der Waals surface area contributed by atoms with E-state index < -0.39 is 0 Å². The lowest BCUT2D eigenvalue weighted by Gasteiger charge is -2.07. The fraction of sp³-hybridized carbons (Fsp3) is 0.417. The Morgan fingerprint density at radius 1 is 1.50 bits per heavy atom. The smallest absolute Gasteiger partial charge is 0.137 e. The number of pyridine rings is 1. The summed E-state index contributed by atoms with van der Waals surface area (Å²) in [6.45, 7) is 3.85. The molecule has 0 radical (unpaired) electrons. The summed E-state index contributed by atoms with van der Waals surface area (Å²) in [7, 11) is 0. The van der Waals surface area contributed by atoms with Crippen LogP contribution >= 0.6 is 11.6 Å². The van der Waals surface area contributed by atoms with Gasteiger partial charge in [-0.15, -0.1) is 11.6 Å². The van der Waals surface area contributed by atoms with Gasteiger partial charge in [0, 0.05) is 24.8 Å². The average Bonchev–Trinajstić information content (AvgIpc) is 2.71. The van der Waals surface area contributed by atoms with Crippen molar-refractivity contribution in [3.05, 3.63) is 36.3 Å². The minimum Gasteiger partial charge on any atom is -0.311 e. The largest absolute Gasteiger partial charge is 0.311 e. The zero-order chi connectivity index (χ0) is 11.4. The minimum atomic E-state index is 0.499. The van der Waals surface area contributed by atoms with E-state index in [0.717, 1.165) is 24.4 Å². The van der Waals surface area contributed by atoms with Gasteiger partial charge in [0.15, 0.2) is 0 Å². The first-order valence-electron chi connectivity index (χ1n) is 5.49. The summed E-state index contributed by atoms with van der Waals surface area (Å²) in [6, 6.07) is 6.00. The van der Waals surface area contributed by atoms with Crippen LogP contribution in [0, 0.1) is 5.92 Å². The summed E-state index contributed by atoms with van der Waals surface area (Å²) in [6.07, 6.45) is 4.06. The van der Waals surface area contributed by atoms with Crippen molar-refractivity contribution in [2.45, 2.75) is 13.5 Å². The lowest BCUT2D eigenvalue weighted by Crippen LogP contribution is -2.21. The molecule has 0 aromatic carbocycles. The third-order valence-electron chi connectivity index (χ3n) is 2.48. The third-order valence-corrected chi connectivity index (χ3v) is 3.00. The standard InChI is InChI=1S/C12H16ClN3/c1-10(6-13)7-14-8-11-9-16-5-3-2-4-12(16)15-11/h2-5,9-10,14H,6-8H2,1H3. The molecule has 86 valence electrons. The average molecular weight is 238 g/mol. The molecule has 4 heteroatoms. The second kappa shape index (κ2) is 5.32. The molecule has 0 aliphatic heterocycles. The van der Waals surface area contributed by atoms with Crippen molar-refractivity contribution in [1.82, 2.24) is 14.7 Å². The summed E-state index contributed by atoms with van der Waals surface area (Å²) in [4.78, 5) is 4.50. The van der Waals surface area contributed by atoms with Gasteiger partial charge in [-0.25, -0.2) is 4.98 Å². The van der Waals surface area contributed by atoms with Gasteiger partial charge in [-0.3, -0.25) is 0 Å². The normalized spacial score (nSPS) is 13.1. The van der Waals surface area contributed by atoms with Gasteiger partial charge in [-0.2, -0.15) is 0 Å². The lowest BCUT2D eigenvalue weighted by atomic mass is 10.2. The van der Waals surface area contributed by atoms with Gasteiger partial charge in [-0.05, 0) is 24.6 Å². The quantitative estimate of drug-likeness (QED) is 0.809. The number of imidazole rings is 1. The number of halogens is 1. The number of alkyl halides is 1. The van der Waals surface area contributed by atoms with Crippen LogP contribution in [0.3, 0.4) is 0 Å². The van der Waals surface area contributed by atoms with Crippen molar-refractivity contribution < 1.29 is 0 Å². The van der Waals surface area contributed by atoms with E-state index >= 15 is 0 Å². The molecular weight excluding hydrogens is 222 g/mol. The molecule has 1 unspecified atom stereocenters. The molecule has 0 fully saturated rings. The van der Waals surface area contributed by atoms with Crippen LogP contribution in [-0.2, 0) is 6.54 Å². The summed E-state index contributed by atoms with van der Waals surface area (Å²) in [5, 5.41) is 3.35. The SMILES string of the molecule is CC(CCl)CNCc1cn2ccccc2n1. The lowest BCUT2D eigenvalue weighted by molar-refractivity contribution is 0.553. The molecule has 16 heavy (non-hydrogen) atoms. The first-order chi connectivity index (χ1) is 7.79. The van der Waals surface area contributed by atoms with Crippen molar-refractivity contribution in [3.8, 4) is 0 Å². The van der Waals surface area contributed by atoms with Crippen LogP contribution in [0.1, 0.15) is 12.6 Å². The highest BCUT2D eigenvalue weighted by Gasteiger charge is 2.02. The molecule has 0 spiro atoms. The third kappa shape index (κ3) is 2.74. The van der Waals surface area contributed by atoms with Crippen LogP contribution in [0.15, 0.2) is 30.6 Å². The van der Waals surface area contributed by atoms with E-state index in [9.17, 15) is 0 Å². The van der Waals surface area contributed by atoms with Gasteiger partial charge >= 0.3 is 0 Å². The molecule has 2 rings (SSSR count). The number of fused-ring (bicyclic) bond motifs is 1. The molecule has 3 nitrogen and oxygen atoms in total. The minimum absolute atomic E-state index is 0.499. The Morgan fingerprint density at radius 2 is 2.38 bits per heavy atom. The number of nitrogens with zero attached hydrogens (tertiary/aromatic N) is 2. The van der Waals surface area contributed by atoms with E-state index in [0.29, 0.717) is 11.8 Å². The number of aromatic nitrogens is 2. The maximum absolute atomic E-state index is 5.74. The number of hydrogen-bond acceptors (Lipinski definition) is 2. The van der Waals surface area contributed by atoms with Crippen LogP contribution in [0.4, 0.5) is 0 Å². The molecule has 0 aliphatic carbocycles. The Labute approximate surface area is 100 Å². The van der Waals surface area contributed by atoms with Crippen molar-refractivity contribution in [2.24, 2.45) is 5.92 Å². The highest BCUT2D eigenvalue weighted by atomic mass is 35.5. The summed E-state index contributed by atoms with van der Waals surface area (Å²) < 4.78 is 2.03. The zero-order valence-corrected chi connectivity index (χ0v) is 10.1. The molecular formula is C12H16ClN3. The molecule has 0 aliphatic rings. The van der Waals surface area contributed by atoms with Crippen LogP contribution < -0.4 is 5.32 Å². The molecule has 1 N–H and O–H groups in total. The summed E-state index contributed by atoms with van der Waals surface area (Å²) in [5.41, 5.74) is 2.05. The highest BCUT2D eigenvalue weighted by molar-refractivity contribution is 6.18. The van der Waals surface area contributed by atoms with Gasteiger partial charge in [-0.1, -0.05) is 13.0 Å². The molecule has 0 saturated heterocycles. The van der Waals surface area contributed by atoms with Crippen molar-refractivity contribution in [1.29, 1.82) is 0 Å². The Morgan fingerprint density at radius 3 is 3.12 bits per heavy atom. The molecule has 0 saturated carbocycles. The molecule has 0 bridgehead atoms. The van der Waals surface area contributed by atoms with Crippen LogP contribution in [-0.4, -0.2) is 21.8 Å². The molecule has 2 aromatic heterocycles. The topological polar surface area (TPSA) is 29.3 Å².